The van der Waals surface area contributed by atoms with E-state index in [-0.39, 0.29) is 23.5 Å². The second-order valence-electron chi connectivity index (χ2n) is 9.31. The Balaban J connectivity index is 1.42. The molecule has 4 rings (SSSR count). The molecule has 1 aliphatic rings. The van der Waals surface area contributed by atoms with Gasteiger partial charge in [0.15, 0.2) is 15.6 Å². The normalized spacial score (nSPS) is 17.3. The van der Waals surface area contributed by atoms with E-state index in [1.54, 1.807) is 42.5 Å². The molecule has 0 aliphatic carbocycles. The molecule has 1 amide bonds. The summed E-state index contributed by atoms with van der Waals surface area (Å²) in [4.78, 5) is 25.8. The van der Waals surface area contributed by atoms with Gasteiger partial charge in [0.1, 0.15) is 11.5 Å². The van der Waals surface area contributed by atoms with E-state index in [0.717, 1.165) is 17.7 Å². The maximum Gasteiger partial charge on any atom is 0.238 e. The van der Waals surface area contributed by atoms with Crippen molar-refractivity contribution in [3.05, 3.63) is 102 Å². The third kappa shape index (κ3) is 7.14. The van der Waals surface area contributed by atoms with Gasteiger partial charge in [-0.1, -0.05) is 72.8 Å². The monoisotopic (exact) mass is 535 g/mol. The predicted octanol–water partition coefficient (Wildman–Crippen LogP) is 2.28. The summed E-state index contributed by atoms with van der Waals surface area (Å²) in [6.45, 7) is 1.69. The number of ether oxygens (including phenoxy) is 1. The van der Waals surface area contributed by atoms with E-state index in [4.69, 9.17) is 10.5 Å². The molecular weight excluding hydrogens is 502 g/mol. The van der Waals surface area contributed by atoms with Gasteiger partial charge in [0.2, 0.25) is 5.91 Å². The summed E-state index contributed by atoms with van der Waals surface area (Å²) in [5, 5.41) is 4.70. The van der Waals surface area contributed by atoms with Crippen LogP contribution in [0.4, 0.5) is 0 Å². The zero-order valence-electron chi connectivity index (χ0n) is 21.1. The van der Waals surface area contributed by atoms with Crippen LogP contribution in [0.25, 0.3) is 0 Å². The number of carbonyl (C=O) groups excluding carboxylic acids is 2. The summed E-state index contributed by atoms with van der Waals surface area (Å²) in [5.41, 5.74) is 8.46. The molecule has 1 heterocycles. The van der Waals surface area contributed by atoms with Crippen molar-refractivity contribution in [3.63, 3.8) is 0 Å². The zero-order chi connectivity index (χ0) is 27.0. The molecule has 38 heavy (non-hydrogen) atoms. The zero-order valence-corrected chi connectivity index (χ0v) is 21.9. The first-order valence-electron chi connectivity index (χ1n) is 12.7. The van der Waals surface area contributed by atoms with E-state index in [0.29, 0.717) is 25.1 Å². The summed E-state index contributed by atoms with van der Waals surface area (Å²) in [7, 11) is -3.84. The highest BCUT2D eigenvalue weighted by molar-refractivity contribution is 7.92. The van der Waals surface area contributed by atoms with Gasteiger partial charge in [0.05, 0.1) is 17.5 Å². The van der Waals surface area contributed by atoms with Crippen LogP contribution in [0.15, 0.2) is 89.8 Å². The molecule has 8 nitrogen and oxygen atoms in total. The van der Waals surface area contributed by atoms with E-state index in [9.17, 15) is 18.0 Å². The van der Waals surface area contributed by atoms with Crippen molar-refractivity contribution in [1.29, 1.82) is 0 Å². The van der Waals surface area contributed by atoms with Crippen LogP contribution in [0.3, 0.4) is 0 Å². The lowest BCUT2D eigenvalue weighted by molar-refractivity contribution is -0.122. The van der Waals surface area contributed by atoms with Gasteiger partial charge < -0.3 is 21.1 Å². The van der Waals surface area contributed by atoms with E-state index >= 15 is 0 Å². The number of ketones is 1. The minimum Gasteiger partial charge on any atom is -0.367 e. The number of morpholine rings is 1. The number of hydrogen-bond donors (Lipinski definition) is 3. The summed E-state index contributed by atoms with van der Waals surface area (Å²) in [5.74, 6) is -0.650. The summed E-state index contributed by atoms with van der Waals surface area (Å²) in [6, 6.07) is 23.5. The molecule has 1 saturated heterocycles. The van der Waals surface area contributed by atoms with E-state index in [2.05, 4.69) is 10.6 Å². The smallest absolute Gasteiger partial charge is 0.238 e. The Kier molecular flexibility index (Phi) is 9.41. The van der Waals surface area contributed by atoms with Crippen molar-refractivity contribution in [2.45, 2.75) is 41.7 Å². The second kappa shape index (κ2) is 12.9. The molecule has 9 heteroatoms. The maximum atomic E-state index is 13.4. The Labute approximate surface area is 223 Å². The molecule has 200 valence electrons. The molecular formula is C29H33N3O5S. The summed E-state index contributed by atoms with van der Waals surface area (Å²) < 4.78 is 32.3. The van der Waals surface area contributed by atoms with Crippen LogP contribution in [0.5, 0.6) is 0 Å². The van der Waals surface area contributed by atoms with Crippen LogP contribution in [0.1, 0.15) is 27.9 Å². The lowest BCUT2D eigenvalue weighted by Crippen LogP contribution is -2.49. The molecule has 0 aromatic heterocycles. The fraction of sp³-hybridized carbons (Fsp3) is 0.310. The number of aryl methyl sites for hydroxylation is 1. The molecule has 0 bridgehead atoms. The van der Waals surface area contributed by atoms with Crippen molar-refractivity contribution in [3.8, 4) is 0 Å². The number of hydrogen-bond acceptors (Lipinski definition) is 7. The Morgan fingerprint density at radius 1 is 0.947 bits per heavy atom. The third-order valence-electron chi connectivity index (χ3n) is 6.54. The summed E-state index contributed by atoms with van der Waals surface area (Å²) >= 11 is 0. The van der Waals surface area contributed by atoms with Gasteiger partial charge in [0.25, 0.3) is 0 Å². The predicted molar refractivity (Wildman–Crippen MR) is 145 cm³/mol. The SMILES string of the molecule is N[C@@H](Cc1ccc(C(=O)C2CNCCO2)cc1)C(=O)N[C@H](CCc1ccccc1)S(=O)(=O)c1ccccc1. The van der Waals surface area contributed by atoms with Crippen molar-refractivity contribution in [1.82, 2.24) is 10.6 Å². The molecule has 3 aromatic rings. The molecule has 1 unspecified atom stereocenters. The number of carbonyl (C=O) groups is 2. The van der Waals surface area contributed by atoms with E-state index in [1.807, 2.05) is 30.3 Å². The molecule has 3 aromatic carbocycles. The maximum absolute atomic E-state index is 13.4. The number of rotatable bonds is 11. The van der Waals surface area contributed by atoms with Crippen LogP contribution in [-0.4, -0.2) is 57.3 Å². The molecule has 3 atom stereocenters. The number of nitrogens with one attached hydrogen (secondary N) is 2. The molecule has 4 N–H and O–H groups in total. The highest BCUT2D eigenvalue weighted by Crippen LogP contribution is 2.19. The Morgan fingerprint density at radius 2 is 1.61 bits per heavy atom. The Morgan fingerprint density at radius 3 is 2.24 bits per heavy atom. The van der Waals surface area contributed by atoms with Gasteiger partial charge in [-0.15, -0.1) is 0 Å². The summed E-state index contributed by atoms with van der Waals surface area (Å²) in [6.07, 6.45) is 0.359. The first kappa shape index (κ1) is 27.7. The van der Waals surface area contributed by atoms with Crippen molar-refractivity contribution >= 4 is 21.5 Å². The minimum atomic E-state index is -3.84. The lowest BCUT2D eigenvalue weighted by Gasteiger charge is -2.23. The highest BCUT2D eigenvalue weighted by Gasteiger charge is 2.30. The number of nitrogens with two attached hydrogens (primary N) is 1. The van der Waals surface area contributed by atoms with Gasteiger partial charge in [-0.25, -0.2) is 8.42 Å². The van der Waals surface area contributed by atoms with E-state index < -0.39 is 33.3 Å². The quantitative estimate of drug-likeness (QED) is 0.322. The first-order valence-corrected chi connectivity index (χ1v) is 14.2. The van der Waals surface area contributed by atoms with Crippen LogP contribution < -0.4 is 16.4 Å². The number of amides is 1. The van der Waals surface area contributed by atoms with Crippen molar-refractivity contribution in [2.75, 3.05) is 19.7 Å². The molecule has 0 spiro atoms. The van der Waals surface area contributed by atoms with Gasteiger partial charge in [-0.3, -0.25) is 9.59 Å². The van der Waals surface area contributed by atoms with Crippen LogP contribution in [-0.2, 0) is 32.2 Å². The Bertz CT molecular complexity index is 1310. The van der Waals surface area contributed by atoms with Crippen LogP contribution in [0.2, 0.25) is 0 Å². The standard InChI is InChI=1S/C29H33N3O5S/c30-25(19-22-11-14-23(15-12-22)28(33)26-20-31-17-18-37-26)29(34)32-27(16-13-21-7-3-1-4-8-21)38(35,36)24-9-5-2-6-10-24/h1-12,14-15,25-27,31H,13,16-20,30H2,(H,32,34)/t25-,26?,27-/m0/s1. The largest absolute Gasteiger partial charge is 0.367 e. The topological polar surface area (TPSA) is 128 Å². The molecule has 0 radical (unpaired) electrons. The first-order chi connectivity index (χ1) is 18.3. The fourth-order valence-electron chi connectivity index (χ4n) is 4.36. The second-order valence-corrected chi connectivity index (χ2v) is 11.4. The lowest BCUT2D eigenvalue weighted by atomic mass is 10.0. The van der Waals surface area contributed by atoms with E-state index in [1.165, 1.54) is 12.1 Å². The minimum absolute atomic E-state index is 0.0989. The van der Waals surface area contributed by atoms with Gasteiger partial charge >= 0.3 is 0 Å². The highest BCUT2D eigenvalue weighted by atomic mass is 32.2. The molecule has 0 saturated carbocycles. The number of sulfone groups is 1. The van der Waals surface area contributed by atoms with Crippen LogP contribution >= 0.6 is 0 Å². The number of benzene rings is 3. The average Bonchev–Trinajstić information content (AvgIpc) is 2.96. The number of Topliss-reactive ketones (excluding diaryl/α,β-unsaturated/α-hetero) is 1. The van der Waals surface area contributed by atoms with Crippen molar-refractivity contribution < 1.29 is 22.7 Å². The third-order valence-corrected chi connectivity index (χ3v) is 8.57. The van der Waals surface area contributed by atoms with Crippen molar-refractivity contribution in [2.24, 2.45) is 5.73 Å². The Hall–Kier alpha value is -3.37. The fourth-order valence-corrected chi connectivity index (χ4v) is 5.92. The van der Waals surface area contributed by atoms with Gasteiger partial charge in [0, 0.05) is 18.7 Å². The van der Waals surface area contributed by atoms with Gasteiger partial charge in [-0.2, -0.15) is 0 Å². The van der Waals surface area contributed by atoms with Gasteiger partial charge in [-0.05, 0) is 42.5 Å². The molecule has 1 fully saturated rings. The average molecular weight is 536 g/mol. The van der Waals surface area contributed by atoms with Crippen LogP contribution in [0, 0.1) is 0 Å². The molecule has 1 aliphatic heterocycles.